The molecule has 1 heterocycles. The van der Waals surface area contributed by atoms with Crippen molar-refractivity contribution in [1.29, 1.82) is 0 Å². The van der Waals surface area contributed by atoms with Crippen LogP contribution in [0.4, 0.5) is 4.79 Å². The molecule has 0 aromatic rings. The topological polar surface area (TPSA) is 38.8 Å². The van der Waals surface area contributed by atoms with Crippen molar-refractivity contribution < 1.29 is 14.3 Å². The van der Waals surface area contributed by atoms with Crippen molar-refractivity contribution in [3.8, 4) is 0 Å². The fraction of sp³-hybridized carbons (Fsp3) is 0.917. The van der Waals surface area contributed by atoms with Gasteiger partial charge in [-0.05, 0) is 26.2 Å². The van der Waals surface area contributed by atoms with Gasteiger partial charge < -0.3 is 14.4 Å². The molecule has 0 spiro atoms. The maximum absolute atomic E-state index is 11.6. The van der Waals surface area contributed by atoms with E-state index in [1.807, 2.05) is 14.0 Å². The Labute approximate surface area is 97.9 Å². The van der Waals surface area contributed by atoms with E-state index in [2.05, 4.69) is 6.92 Å². The molecule has 1 rings (SSSR count). The predicted octanol–water partition coefficient (Wildman–Crippen LogP) is 2.42. The first kappa shape index (κ1) is 13.3. The number of nitrogens with zero attached hydrogens (tertiary/aromatic N) is 1. The zero-order chi connectivity index (χ0) is 12.0. The molecule has 4 nitrogen and oxygen atoms in total. The van der Waals surface area contributed by atoms with Crippen molar-refractivity contribution in [2.45, 2.75) is 51.7 Å². The minimum absolute atomic E-state index is 0.218. The van der Waals surface area contributed by atoms with Crippen LogP contribution in [-0.4, -0.2) is 43.4 Å². The Morgan fingerprint density at radius 3 is 2.88 bits per heavy atom. The van der Waals surface area contributed by atoms with Gasteiger partial charge in [0.15, 0.2) is 0 Å². The van der Waals surface area contributed by atoms with Crippen LogP contribution in [0.5, 0.6) is 0 Å². The molecule has 1 aliphatic rings. The van der Waals surface area contributed by atoms with Crippen LogP contribution in [0.25, 0.3) is 0 Å². The lowest BCUT2D eigenvalue weighted by Gasteiger charge is -2.34. The maximum atomic E-state index is 11.6. The lowest BCUT2D eigenvalue weighted by atomic mass is 9.99. The Kier molecular flexibility index (Phi) is 5.60. The molecule has 1 amide bonds. The third-order valence-electron chi connectivity index (χ3n) is 3.05. The van der Waals surface area contributed by atoms with Crippen LogP contribution in [0.2, 0.25) is 0 Å². The van der Waals surface area contributed by atoms with Gasteiger partial charge in [-0.15, -0.1) is 0 Å². The van der Waals surface area contributed by atoms with E-state index >= 15 is 0 Å². The molecular formula is C12H23NO3. The first-order valence-electron chi connectivity index (χ1n) is 6.20. The van der Waals surface area contributed by atoms with Gasteiger partial charge in [0.05, 0.1) is 12.7 Å². The van der Waals surface area contributed by atoms with Crippen LogP contribution in [-0.2, 0) is 9.47 Å². The Morgan fingerprint density at radius 1 is 1.50 bits per heavy atom. The smallest absolute Gasteiger partial charge is 0.409 e. The summed E-state index contributed by atoms with van der Waals surface area (Å²) in [5.41, 5.74) is 0. The summed E-state index contributed by atoms with van der Waals surface area (Å²) in [6.45, 7) is 5.17. The predicted molar refractivity (Wildman–Crippen MR) is 62.5 cm³/mol. The molecule has 2 atom stereocenters. The molecular weight excluding hydrogens is 206 g/mol. The number of carbonyl (C=O) groups excluding carboxylic acids is 1. The van der Waals surface area contributed by atoms with Gasteiger partial charge in [0, 0.05) is 19.7 Å². The van der Waals surface area contributed by atoms with Gasteiger partial charge in [-0.3, -0.25) is 0 Å². The summed E-state index contributed by atoms with van der Waals surface area (Å²) in [6.07, 6.45) is 4.14. The third-order valence-corrected chi connectivity index (χ3v) is 3.05. The summed E-state index contributed by atoms with van der Waals surface area (Å²) in [4.78, 5) is 13.3. The molecule has 0 saturated carbocycles. The first-order chi connectivity index (χ1) is 7.69. The molecule has 1 fully saturated rings. The highest BCUT2D eigenvalue weighted by Crippen LogP contribution is 2.21. The SMILES string of the molecule is CCC[C@H]1C[C@@H](N(C)C(=O)OCC)CCO1. The monoisotopic (exact) mass is 229 g/mol. The van der Waals surface area contributed by atoms with Crippen molar-refractivity contribution in [1.82, 2.24) is 4.90 Å². The van der Waals surface area contributed by atoms with Gasteiger partial charge in [0.1, 0.15) is 0 Å². The molecule has 94 valence electrons. The van der Waals surface area contributed by atoms with Gasteiger partial charge in [-0.25, -0.2) is 4.79 Å². The summed E-state index contributed by atoms with van der Waals surface area (Å²) in [5.74, 6) is 0. The van der Waals surface area contributed by atoms with Crippen LogP contribution in [0, 0.1) is 0 Å². The molecule has 0 N–H and O–H groups in total. The molecule has 16 heavy (non-hydrogen) atoms. The van der Waals surface area contributed by atoms with Crippen LogP contribution in [0.3, 0.4) is 0 Å². The van der Waals surface area contributed by atoms with E-state index in [1.54, 1.807) is 4.90 Å². The zero-order valence-electron chi connectivity index (χ0n) is 10.6. The van der Waals surface area contributed by atoms with Crippen molar-refractivity contribution in [2.75, 3.05) is 20.3 Å². The average molecular weight is 229 g/mol. The average Bonchev–Trinajstić information content (AvgIpc) is 2.29. The Bertz CT molecular complexity index is 218. The molecule has 0 bridgehead atoms. The molecule has 1 aliphatic heterocycles. The highest BCUT2D eigenvalue weighted by molar-refractivity contribution is 5.67. The van der Waals surface area contributed by atoms with Gasteiger partial charge in [-0.1, -0.05) is 13.3 Å². The number of ether oxygens (including phenoxy) is 2. The van der Waals surface area contributed by atoms with E-state index < -0.39 is 0 Å². The lowest BCUT2D eigenvalue weighted by molar-refractivity contribution is -0.0246. The molecule has 0 aliphatic carbocycles. The minimum atomic E-state index is -0.218. The van der Waals surface area contributed by atoms with Crippen LogP contribution in [0.1, 0.15) is 39.5 Å². The van der Waals surface area contributed by atoms with Crippen molar-refractivity contribution in [3.05, 3.63) is 0 Å². The molecule has 0 aromatic heterocycles. The molecule has 0 radical (unpaired) electrons. The quantitative estimate of drug-likeness (QED) is 0.743. The molecule has 4 heteroatoms. The fourth-order valence-electron chi connectivity index (χ4n) is 2.11. The Balaban J connectivity index is 2.43. The number of carbonyl (C=O) groups is 1. The van der Waals surface area contributed by atoms with E-state index in [0.717, 1.165) is 32.3 Å². The summed E-state index contributed by atoms with van der Waals surface area (Å²) >= 11 is 0. The van der Waals surface area contributed by atoms with E-state index in [-0.39, 0.29) is 12.1 Å². The van der Waals surface area contributed by atoms with Gasteiger partial charge in [-0.2, -0.15) is 0 Å². The second-order valence-electron chi connectivity index (χ2n) is 4.27. The Hall–Kier alpha value is -0.770. The standard InChI is InChI=1S/C12H23NO3/c1-4-6-11-9-10(7-8-16-11)13(3)12(14)15-5-2/h10-11H,4-9H2,1-3H3/t10-,11-/m0/s1. The highest BCUT2D eigenvalue weighted by atomic mass is 16.6. The van der Waals surface area contributed by atoms with Gasteiger partial charge >= 0.3 is 6.09 Å². The summed E-state index contributed by atoms with van der Waals surface area (Å²) in [6, 6.07) is 0.268. The van der Waals surface area contributed by atoms with Crippen LogP contribution >= 0.6 is 0 Å². The number of hydrogen-bond donors (Lipinski definition) is 0. The van der Waals surface area contributed by atoms with E-state index in [0.29, 0.717) is 12.7 Å². The minimum Gasteiger partial charge on any atom is -0.450 e. The van der Waals surface area contributed by atoms with E-state index in [1.165, 1.54) is 0 Å². The van der Waals surface area contributed by atoms with Crippen molar-refractivity contribution in [2.24, 2.45) is 0 Å². The fourth-order valence-corrected chi connectivity index (χ4v) is 2.11. The Morgan fingerprint density at radius 2 is 2.25 bits per heavy atom. The van der Waals surface area contributed by atoms with Gasteiger partial charge in [0.25, 0.3) is 0 Å². The zero-order valence-corrected chi connectivity index (χ0v) is 10.6. The van der Waals surface area contributed by atoms with E-state index in [9.17, 15) is 4.79 Å². The first-order valence-corrected chi connectivity index (χ1v) is 6.20. The summed E-state index contributed by atoms with van der Waals surface area (Å²) in [7, 11) is 1.82. The highest BCUT2D eigenvalue weighted by Gasteiger charge is 2.28. The number of hydrogen-bond acceptors (Lipinski definition) is 3. The summed E-state index contributed by atoms with van der Waals surface area (Å²) in [5, 5.41) is 0. The number of amides is 1. The summed E-state index contributed by atoms with van der Waals surface area (Å²) < 4.78 is 10.7. The lowest BCUT2D eigenvalue weighted by Crippen LogP contribution is -2.43. The second kappa shape index (κ2) is 6.74. The largest absolute Gasteiger partial charge is 0.450 e. The van der Waals surface area contributed by atoms with E-state index in [4.69, 9.17) is 9.47 Å². The third kappa shape index (κ3) is 3.67. The second-order valence-corrected chi connectivity index (χ2v) is 4.27. The van der Waals surface area contributed by atoms with Gasteiger partial charge in [0.2, 0.25) is 0 Å². The maximum Gasteiger partial charge on any atom is 0.409 e. The molecule has 1 saturated heterocycles. The van der Waals surface area contributed by atoms with Crippen LogP contribution in [0.15, 0.2) is 0 Å². The van der Waals surface area contributed by atoms with Crippen molar-refractivity contribution >= 4 is 6.09 Å². The van der Waals surface area contributed by atoms with Crippen LogP contribution < -0.4 is 0 Å². The van der Waals surface area contributed by atoms with Crippen molar-refractivity contribution in [3.63, 3.8) is 0 Å². The molecule has 0 unspecified atom stereocenters. The normalized spacial score (nSPS) is 25.2. The molecule has 0 aromatic carbocycles. The number of rotatable bonds is 4.